The maximum atomic E-state index is 13.1. The Hall–Kier alpha value is -2.37. The zero-order valence-corrected chi connectivity index (χ0v) is 48.5. The maximum absolute atomic E-state index is 13.1. The van der Waals surface area contributed by atoms with Crippen molar-refractivity contribution in [1.29, 1.82) is 0 Å². The second-order valence-electron chi connectivity index (χ2n) is 21.8. The average Bonchev–Trinajstić information content (AvgIpc) is 3.41. The highest BCUT2D eigenvalue weighted by atomic mass is 16.7. The van der Waals surface area contributed by atoms with Gasteiger partial charge in [0, 0.05) is 6.42 Å². The molecular formula is C66H119NO8. The lowest BCUT2D eigenvalue weighted by Gasteiger charge is -2.40. The molecule has 1 aliphatic rings. The van der Waals surface area contributed by atoms with Crippen LogP contribution in [0.5, 0.6) is 0 Å². The molecule has 0 bridgehead atoms. The molecule has 436 valence electrons. The summed E-state index contributed by atoms with van der Waals surface area (Å²) in [6.45, 7) is 3.77. The zero-order chi connectivity index (χ0) is 54.3. The molecule has 1 heterocycles. The van der Waals surface area contributed by atoms with Gasteiger partial charge >= 0.3 is 0 Å². The summed E-state index contributed by atoms with van der Waals surface area (Å²) in [4.78, 5) is 13.1. The van der Waals surface area contributed by atoms with Gasteiger partial charge in [-0.3, -0.25) is 4.79 Å². The quantitative estimate of drug-likeness (QED) is 0.0261. The highest BCUT2D eigenvalue weighted by molar-refractivity contribution is 5.76. The van der Waals surface area contributed by atoms with E-state index in [-0.39, 0.29) is 12.5 Å². The normalized spacial score (nSPS) is 19.4. The van der Waals surface area contributed by atoms with Gasteiger partial charge in [0.15, 0.2) is 6.29 Å². The van der Waals surface area contributed by atoms with Gasteiger partial charge in [0.1, 0.15) is 24.4 Å². The van der Waals surface area contributed by atoms with E-state index < -0.39 is 49.5 Å². The Kier molecular flexibility index (Phi) is 51.8. The number of hydrogen-bond acceptors (Lipinski definition) is 8. The first-order valence-corrected chi connectivity index (χ1v) is 31.7. The summed E-state index contributed by atoms with van der Waals surface area (Å²) in [5.41, 5.74) is 0. The molecular weight excluding hydrogens is 935 g/mol. The fraction of sp³-hybridized carbons (Fsp3) is 0.803. The van der Waals surface area contributed by atoms with Crippen molar-refractivity contribution < 1.29 is 39.8 Å². The molecule has 0 aromatic carbocycles. The number of amides is 1. The molecule has 1 aliphatic heterocycles. The molecule has 1 rings (SSSR count). The predicted octanol–water partition coefficient (Wildman–Crippen LogP) is 16.4. The minimum atomic E-state index is -1.58. The van der Waals surface area contributed by atoms with Crippen molar-refractivity contribution >= 4 is 5.91 Å². The van der Waals surface area contributed by atoms with Gasteiger partial charge in [0.2, 0.25) is 5.91 Å². The van der Waals surface area contributed by atoms with Crippen molar-refractivity contribution in [1.82, 2.24) is 5.32 Å². The van der Waals surface area contributed by atoms with Crippen LogP contribution in [-0.4, -0.2) is 87.5 Å². The third kappa shape index (κ3) is 44.2. The molecule has 1 saturated heterocycles. The number of ether oxygens (including phenoxy) is 2. The van der Waals surface area contributed by atoms with Gasteiger partial charge in [-0.25, -0.2) is 0 Å². The first-order chi connectivity index (χ1) is 36.8. The molecule has 6 N–H and O–H groups in total. The van der Waals surface area contributed by atoms with Gasteiger partial charge in [0.05, 0.1) is 25.4 Å². The molecule has 0 aromatic heterocycles. The van der Waals surface area contributed by atoms with E-state index in [9.17, 15) is 30.3 Å². The van der Waals surface area contributed by atoms with Gasteiger partial charge in [-0.15, -0.1) is 0 Å². The molecule has 0 aliphatic carbocycles. The Balaban J connectivity index is 2.23. The van der Waals surface area contributed by atoms with Crippen molar-refractivity contribution in [3.63, 3.8) is 0 Å². The summed E-state index contributed by atoms with van der Waals surface area (Å²) in [7, 11) is 0. The summed E-state index contributed by atoms with van der Waals surface area (Å²) < 4.78 is 11.3. The number of aliphatic hydroxyl groups excluding tert-OH is 5. The number of aliphatic hydroxyl groups is 5. The number of hydrogen-bond donors (Lipinski definition) is 6. The monoisotopic (exact) mass is 1050 g/mol. The fourth-order valence-corrected chi connectivity index (χ4v) is 9.73. The van der Waals surface area contributed by atoms with Crippen LogP contribution in [0.25, 0.3) is 0 Å². The number of carbonyl (C=O) groups excluding carboxylic acids is 1. The molecule has 7 atom stereocenters. The zero-order valence-electron chi connectivity index (χ0n) is 48.5. The molecule has 0 spiro atoms. The third-order valence-corrected chi connectivity index (χ3v) is 14.7. The Bertz CT molecular complexity index is 1410. The average molecular weight is 1050 g/mol. The number of rotatable bonds is 54. The largest absolute Gasteiger partial charge is 0.394 e. The second-order valence-corrected chi connectivity index (χ2v) is 21.8. The van der Waals surface area contributed by atoms with Crippen LogP contribution in [0.2, 0.25) is 0 Å². The molecule has 7 unspecified atom stereocenters. The number of nitrogens with one attached hydrogen (secondary N) is 1. The van der Waals surface area contributed by atoms with Crippen LogP contribution in [0.1, 0.15) is 284 Å². The van der Waals surface area contributed by atoms with Crippen LogP contribution >= 0.6 is 0 Å². The standard InChI is InChI=1S/C66H119NO8/c1-3-5-7-9-11-13-15-17-19-21-23-25-27-29-30-32-34-36-38-40-42-44-46-48-50-52-54-56-62(70)67-59(58-74-66-65(73)64(72)63(71)61(57-68)75-66)60(69)55-53-51-49-47-45-43-41-39-37-35-33-31-28-26-24-22-20-18-16-14-12-10-8-6-4-2/h15,17,21,23,27,29,37,39,45,47,53,55,59-61,63-66,68-69,71-73H,3-14,16,18-20,22,24-26,28,30-36,38,40-44,46,48-52,54,56-58H2,1-2H3,(H,67,70)/b17-15-,23-21-,29-27-,39-37+,47-45+,55-53+. The highest BCUT2D eigenvalue weighted by Crippen LogP contribution is 2.23. The van der Waals surface area contributed by atoms with E-state index in [0.29, 0.717) is 6.42 Å². The van der Waals surface area contributed by atoms with Gasteiger partial charge in [-0.2, -0.15) is 0 Å². The van der Waals surface area contributed by atoms with E-state index in [2.05, 4.69) is 79.9 Å². The lowest BCUT2D eigenvalue weighted by molar-refractivity contribution is -0.302. The Morgan fingerprint density at radius 2 is 0.800 bits per heavy atom. The fourth-order valence-electron chi connectivity index (χ4n) is 9.73. The van der Waals surface area contributed by atoms with Crippen LogP contribution in [-0.2, 0) is 14.3 Å². The Labute approximate surface area is 461 Å². The van der Waals surface area contributed by atoms with Crippen molar-refractivity contribution in [3.05, 3.63) is 72.9 Å². The van der Waals surface area contributed by atoms with Crippen LogP contribution in [0, 0.1) is 0 Å². The molecule has 9 heteroatoms. The van der Waals surface area contributed by atoms with Crippen molar-refractivity contribution in [2.24, 2.45) is 0 Å². The summed E-state index contributed by atoms with van der Waals surface area (Å²) >= 11 is 0. The third-order valence-electron chi connectivity index (χ3n) is 14.7. The number of unbranched alkanes of at least 4 members (excludes halogenated alkanes) is 34. The topological polar surface area (TPSA) is 149 Å². The van der Waals surface area contributed by atoms with Crippen molar-refractivity contribution in [3.8, 4) is 0 Å². The van der Waals surface area contributed by atoms with Gasteiger partial charge in [-0.1, -0.05) is 267 Å². The lowest BCUT2D eigenvalue weighted by Crippen LogP contribution is -2.60. The minimum absolute atomic E-state index is 0.192. The van der Waals surface area contributed by atoms with E-state index in [1.54, 1.807) is 6.08 Å². The summed E-state index contributed by atoms with van der Waals surface area (Å²) in [6, 6.07) is -0.834. The maximum Gasteiger partial charge on any atom is 0.220 e. The molecule has 1 fully saturated rings. The minimum Gasteiger partial charge on any atom is -0.394 e. The predicted molar refractivity (Wildman–Crippen MR) is 318 cm³/mol. The van der Waals surface area contributed by atoms with Crippen molar-refractivity contribution in [2.75, 3.05) is 13.2 Å². The van der Waals surface area contributed by atoms with Gasteiger partial charge < -0.3 is 40.3 Å². The summed E-state index contributed by atoms with van der Waals surface area (Å²) in [6.07, 6.45) is 69.8. The number of carbonyl (C=O) groups is 1. The van der Waals surface area contributed by atoms with Gasteiger partial charge in [-0.05, 0) is 83.5 Å². The molecule has 1 amide bonds. The summed E-state index contributed by atoms with van der Waals surface area (Å²) in [5.74, 6) is -0.192. The highest BCUT2D eigenvalue weighted by Gasteiger charge is 2.44. The Morgan fingerprint density at radius 1 is 0.453 bits per heavy atom. The van der Waals surface area contributed by atoms with E-state index in [1.165, 1.54) is 205 Å². The first kappa shape index (κ1) is 70.6. The molecule has 75 heavy (non-hydrogen) atoms. The van der Waals surface area contributed by atoms with E-state index >= 15 is 0 Å². The van der Waals surface area contributed by atoms with Crippen LogP contribution in [0.4, 0.5) is 0 Å². The van der Waals surface area contributed by atoms with Crippen LogP contribution < -0.4 is 5.32 Å². The Morgan fingerprint density at radius 3 is 1.21 bits per heavy atom. The molecule has 0 saturated carbocycles. The molecule has 0 radical (unpaired) electrons. The van der Waals surface area contributed by atoms with Crippen LogP contribution in [0.15, 0.2) is 72.9 Å². The first-order valence-electron chi connectivity index (χ1n) is 31.7. The SMILES string of the molecule is CCCCCCC/C=C\C/C=C\C/C=C\CCCCCCCCCCCCCCC(=O)NC(COC1OC(CO)C(O)C(O)C1O)C(O)/C=C/CC/C=C/CC/C=C/CCCCCCCCCCCCCCCCC. The van der Waals surface area contributed by atoms with E-state index in [1.807, 2.05) is 6.08 Å². The van der Waals surface area contributed by atoms with E-state index in [0.717, 1.165) is 57.8 Å². The lowest BCUT2D eigenvalue weighted by atomic mass is 9.99. The van der Waals surface area contributed by atoms with Gasteiger partial charge in [0.25, 0.3) is 0 Å². The molecule has 9 nitrogen and oxygen atoms in total. The van der Waals surface area contributed by atoms with Crippen molar-refractivity contribution in [2.45, 2.75) is 326 Å². The van der Waals surface area contributed by atoms with E-state index in [4.69, 9.17) is 9.47 Å². The summed E-state index contributed by atoms with van der Waals surface area (Å²) in [5, 5.41) is 54.6. The second kappa shape index (κ2) is 55.0. The molecule has 0 aromatic rings. The smallest absolute Gasteiger partial charge is 0.220 e. The van der Waals surface area contributed by atoms with Crippen LogP contribution in [0.3, 0.4) is 0 Å². The number of allylic oxidation sites excluding steroid dienone is 11.